The monoisotopic (exact) mass is 480 g/mol. The van der Waals surface area contributed by atoms with Crippen LogP contribution >= 0.6 is 24.0 Å². The van der Waals surface area contributed by atoms with Gasteiger partial charge >= 0.3 is 0 Å². The summed E-state index contributed by atoms with van der Waals surface area (Å²) < 4.78 is 13.7. The van der Waals surface area contributed by atoms with Gasteiger partial charge in [0.15, 0.2) is 5.96 Å². The van der Waals surface area contributed by atoms with Crippen LogP contribution in [-0.2, 0) is 13.1 Å². The van der Waals surface area contributed by atoms with Crippen molar-refractivity contribution in [2.75, 3.05) is 24.5 Å². The number of nitrogens with one attached hydrogen (secondary N) is 2. The van der Waals surface area contributed by atoms with Gasteiger partial charge < -0.3 is 15.5 Å². The minimum atomic E-state index is -0.206. The maximum absolute atomic E-state index is 13.7. The van der Waals surface area contributed by atoms with E-state index in [2.05, 4.69) is 56.9 Å². The van der Waals surface area contributed by atoms with E-state index in [0.29, 0.717) is 24.6 Å². The van der Waals surface area contributed by atoms with Crippen molar-refractivity contribution in [1.29, 1.82) is 0 Å². The molecule has 0 spiro atoms. The molecule has 144 valence electrons. The summed E-state index contributed by atoms with van der Waals surface area (Å²) in [5.41, 5.74) is 3.00. The summed E-state index contributed by atoms with van der Waals surface area (Å²) >= 11 is 0. The lowest BCUT2D eigenvalue weighted by Gasteiger charge is -2.17. The third-order valence-electron chi connectivity index (χ3n) is 4.29. The Morgan fingerprint density at radius 1 is 1.04 bits per heavy atom. The van der Waals surface area contributed by atoms with Crippen LogP contribution in [0.4, 0.5) is 10.1 Å². The van der Waals surface area contributed by atoms with Crippen molar-refractivity contribution in [3.8, 4) is 0 Å². The number of hydrogen-bond donors (Lipinski definition) is 2. The maximum Gasteiger partial charge on any atom is 0.191 e. The van der Waals surface area contributed by atoms with Crippen LogP contribution in [0.25, 0.3) is 0 Å². The van der Waals surface area contributed by atoms with Crippen molar-refractivity contribution in [2.24, 2.45) is 4.99 Å². The number of nitrogens with zero attached hydrogens (tertiary/aromatic N) is 2. The molecule has 3 rings (SSSR count). The molecule has 2 N–H and O–H groups in total. The topological polar surface area (TPSA) is 39.7 Å². The van der Waals surface area contributed by atoms with Gasteiger partial charge in [0.2, 0.25) is 0 Å². The molecule has 1 aliphatic rings. The van der Waals surface area contributed by atoms with Crippen LogP contribution in [0.2, 0.25) is 0 Å². The fraction of sp³-hybridized carbons (Fsp3) is 0.286. The third-order valence-corrected chi connectivity index (χ3v) is 4.29. The van der Waals surface area contributed by atoms with Crippen molar-refractivity contribution in [2.45, 2.75) is 20.0 Å². The van der Waals surface area contributed by atoms with Gasteiger partial charge in [0.25, 0.3) is 0 Å². The molecule has 2 aromatic rings. The van der Waals surface area contributed by atoms with Crippen LogP contribution in [-0.4, -0.2) is 25.6 Å². The zero-order chi connectivity index (χ0) is 18.2. The Kier molecular flexibility index (Phi) is 8.57. The van der Waals surface area contributed by atoms with Crippen molar-refractivity contribution in [3.63, 3.8) is 0 Å². The van der Waals surface area contributed by atoms with E-state index in [1.165, 1.54) is 11.8 Å². The highest BCUT2D eigenvalue weighted by atomic mass is 127. The Morgan fingerprint density at radius 2 is 1.74 bits per heavy atom. The molecule has 2 aromatic carbocycles. The van der Waals surface area contributed by atoms with Gasteiger partial charge in [-0.15, -0.1) is 24.0 Å². The first-order chi connectivity index (χ1) is 12.8. The molecule has 0 unspecified atom stereocenters. The first-order valence-electron chi connectivity index (χ1n) is 9.00. The summed E-state index contributed by atoms with van der Waals surface area (Å²) in [5.74, 6) is 0.478. The molecule has 0 aliphatic carbocycles. The van der Waals surface area contributed by atoms with Crippen LogP contribution in [0.1, 0.15) is 18.1 Å². The predicted molar refractivity (Wildman–Crippen MR) is 121 cm³/mol. The molecule has 0 bridgehead atoms. The zero-order valence-electron chi connectivity index (χ0n) is 15.5. The van der Waals surface area contributed by atoms with Gasteiger partial charge in [-0.05, 0) is 30.7 Å². The lowest BCUT2D eigenvalue weighted by atomic mass is 10.2. The van der Waals surface area contributed by atoms with Gasteiger partial charge in [0.05, 0.1) is 6.54 Å². The van der Waals surface area contributed by atoms with Gasteiger partial charge in [-0.25, -0.2) is 9.38 Å². The first kappa shape index (κ1) is 21.2. The van der Waals surface area contributed by atoms with E-state index < -0.39 is 0 Å². The molecule has 6 heteroatoms. The average molecular weight is 480 g/mol. The summed E-state index contributed by atoms with van der Waals surface area (Å²) in [6.07, 6.45) is 4.37. The van der Waals surface area contributed by atoms with Crippen molar-refractivity contribution in [1.82, 2.24) is 10.6 Å². The van der Waals surface area contributed by atoms with Crippen LogP contribution in [0.15, 0.2) is 65.7 Å². The Hall–Kier alpha value is -2.09. The highest BCUT2D eigenvalue weighted by molar-refractivity contribution is 14.0. The molecule has 0 saturated carbocycles. The second-order valence-electron chi connectivity index (χ2n) is 6.18. The minimum Gasteiger partial charge on any atom is -0.364 e. The second kappa shape index (κ2) is 10.9. The van der Waals surface area contributed by atoms with Gasteiger partial charge in [0, 0.05) is 37.4 Å². The molecule has 0 aromatic heterocycles. The Morgan fingerprint density at radius 3 is 2.41 bits per heavy atom. The van der Waals surface area contributed by atoms with E-state index in [4.69, 9.17) is 0 Å². The smallest absolute Gasteiger partial charge is 0.191 e. The number of anilines is 1. The molecular formula is C21H26FIN4. The van der Waals surface area contributed by atoms with E-state index >= 15 is 0 Å². The summed E-state index contributed by atoms with van der Waals surface area (Å²) in [7, 11) is 0. The number of benzene rings is 2. The van der Waals surface area contributed by atoms with Gasteiger partial charge in [0.1, 0.15) is 5.82 Å². The fourth-order valence-electron chi connectivity index (χ4n) is 2.83. The van der Waals surface area contributed by atoms with E-state index in [1.54, 1.807) is 12.1 Å². The van der Waals surface area contributed by atoms with Gasteiger partial charge in [-0.1, -0.05) is 42.5 Å². The van der Waals surface area contributed by atoms with E-state index in [0.717, 1.165) is 25.2 Å². The van der Waals surface area contributed by atoms with E-state index in [1.807, 2.05) is 13.0 Å². The number of halogens is 2. The molecule has 27 heavy (non-hydrogen) atoms. The molecule has 0 amide bonds. The molecular weight excluding hydrogens is 454 g/mol. The second-order valence-corrected chi connectivity index (χ2v) is 6.18. The minimum absolute atomic E-state index is 0. The van der Waals surface area contributed by atoms with Crippen LogP contribution in [0.5, 0.6) is 0 Å². The summed E-state index contributed by atoms with van der Waals surface area (Å²) in [4.78, 5) is 6.91. The SMILES string of the molecule is CCNC(=NCc1ccc(N2CC=CC2)cc1)NCc1ccccc1F.I. The maximum atomic E-state index is 13.7. The van der Waals surface area contributed by atoms with E-state index in [-0.39, 0.29) is 29.8 Å². The Labute approximate surface area is 177 Å². The van der Waals surface area contributed by atoms with E-state index in [9.17, 15) is 4.39 Å². The quantitative estimate of drug-likeness (QED) is 0.284. The standard InChI is InChI=1S/C21H25FN4.HI/c1-2-23-21(25-16-18-7-3-4-8-20(18)22)24-15-17-9-11-19(12-10-17)26-13-5-6-14-26;/h3-12H,2,13-16H2,1H3,(H2,23,24,25);1H. The fourth-order valence-corrected chi connectivity index (χ4v) is 2.83. The Bertz CT molecular complexity index is 766. The molecule has 0 atom stereocenters. The summed E-state index contributed by atoms with van der Waals surface area (Å²) in [6, 6.07) is 15.3. The molecule has 4 nitrogen and oxygen atoms in total. The van der Waals surface area contributed by atoms with Crippen LogP contribution in [0, 0.1) is 5.82 Å². The lowest BCUT2D eigenvalue weighted by Crippen LogP contribution is -2.37. The zero-order valence-corrected chi connectivity index (χ0v) is 17.8. The van der Waals surface area contributed by atoms with Crippen molar-refractivity contribution in [3.05, 3.63) is 77.6 Å². The normalized spacial score (nSPS) is 13.4. The molecule has 1 heterocycles. The number of rotatable bonds is 6. The third kappa shape index (κ3) is 6.23. The van der Waals surface area contributed by atoms with Gasteiger partial charge in [-0.3, -0.25) is 0 Å². The van der Waals surface area contributed by atoms with Crippen molar-refractivity contribution < 1.29 is 4.39 Å². The Balaban J connectivity index is 0.00000261. The number of aliphatic imine (C=N–C) groups is 1. The highest BCUT2D eigenvalue weighted by Crippen LogP contribution is 2.17. The van der Waals surface area contributed by atoms with Gasteiger partial charge in [-0.2, -0.15) is 0 Å². The molecule has 0 radical (unpaired) electrons. The lowest BCUT2D eigenvalue weighted by molar-refractivity contribution is 0.604. The first-order valence-corrected chi connectivity index (χ1v) is 9.00. The summed E-state index contributed by atoms with van der Waals surface area (Å²) in [5, 5.41) is 6.39. The number of hydrogen-bond acceptors (Lipinski definition) is 2. The average Bonchev–Trinajstić information content (AvgIpc) is 3.20. The highest BCUT2D eigenvalue weighted by Gasteiger charge is 2.07. The number of guanidine groups is 1. The van der Waals surface area contributed by atoms with Crippen LogP contribution in [0.3, 0.4) is 0 Å². The largest absolute Gasteiger partial charge is 0.364 e. The molecule has 0 saturated heterocycles. The molecule has 0 fully saturated rings. The molecule has 1 aliphatic heterocycles. The summed E-state index contributed by atoms with van der Waals surface area (Å²) in [6.45, 7) is 5.69. The predicted octanol–water partition coefficient (Wildman–Crippen LogP) is 4.08. The van der Waals surface area contributed by atoms with Crippen molar-refractivity contribution >= 4 is 35.6 Å². The van der Waals surface area contributed by atoms with Crippen LogP contribution < -0.4 is 15.5 Å².